The molecule has 1 aliphatic heterocycles. The largest absolute Gasteiger partial charge is 0.454 e. The lowest BCUT2D eigenvalue weighted by atomic mass is 10.0. The van der Waals surface area contributed by atoms with Crippen LogP contribution in [0.2, 0.25) is 5.02 Å². The molecule has 138 valence electrons. The zero-order valence-corrected chi connectivity index (χ0v) is 15.2. The summed E-state index contributed by atoms with van der Waals surface area (Å²) in [7, 11) is 0. The van der Waals surface area contributed by atoms with Crippen LogP contribution in [0.3, 0.4) is 0 Å². The van der Waals surface area contributed by atoms with Gasteiger partial charge in [-0.05, 0) is 41.5 Å². The van der Waals surface area contributed by atoms with Crippen LogP contribution in [0.15, 0.2) is 59.5 Å². The van der Waals surface area contributed by atoms with Gasteiger partial charge in [-0.2, -0.15) is 4.98 Å². The Morgan fingerprint density at radius 3 is 2.82 bits per heavy atom. The molecule has 28 heavy (non-hydrogen) atoms. The molecule has 3 heterocycles. The number of benzene rings is 2. The van der Waals surface area contributed by atoms with Crippen molar-refractivity contribution < 1.29 is 9.47 Å². The standard InChI is InChI=1S/C20H13ClN4O3/c21-13-3-1-2-4-14(13)23-20-24-18-17(19(26)25-20)12(7-8-22-18)11-5-6-15-16(9-11)28-10-27-15/h1-9H,10H2,(H2,22,23,24,25,26). The van der Waals surface area contributed by atoms with Crippen molar-refractivity contribution in [1.82, 2.24) is 15.0 Å². The first-order chi connectivity index (χ1) is 13.7. The highest BCUT2D eigenvalue weighted by molar-refractivity contribution is 6.33. The first-order valence-corrected chi connectivity index (χ1v) is 8.87. The van der Waals surface area contributed by atoms with Gasteiger partial charge in [0.15, 0.2) is 17.1 Å². The highest BCUT2D eigenvalue weighted by Crippen LogP contribution is 2.37. The Morgan fingerprint density at radius 1 is 1.07 bits per heavy atom. The number of aromatic amines is 1. The molecular formula is C20H13ClN4O3. The van der Waals surface area contributed by atoms with E-state index in [0.29, 0.717) is 38.8 Å². The molecule has 0 aliphatic carbocycles. The molecule has 7 nitrogen and oxygen atoms in total. The van der Waals surface area contributed by atoms with Crippen LogP contribution in [0.4, 0.5) is 11.6 Å². The second-order valence-corrected chi connectivity index (χ2v) is 6.55. The summed E-state index contributed by atoms with van der Waals surface area (Å²) in [6, 6.07) is 14.5. The summed E-state index contributed by atoms with van der Waals surface area (Å²) < 4.78 is 10.8. The zero-order valence-electron chi connectivity index (χ0n) is 14.4. The molecule has 0 radical (unpaired) electrons. The third kappa shape index (κ3) is 2.82. The van der Waals surface area contributed by atoms with Crippen molar-refractivity contribution in [2.45, 2.75) is 0 Å². The summed E-state index contributed by atoms with van der Waals surface area (Å²) >= 11 is 6.16. The molecule has 8 heteroatoms. The van der Waals surface area contributed by atoms with E-state index >= 15 is 0 Å². The van der Waals surface area contributed by atoms with E-state index in [-0.39, 0.29) is 18.3 Å². The number of hydrogen-bond acceptors (Lipinski definition) is 6. The van der Waals surface area contributed by atoms with Crippen LogP contribution >= 0.6 is 11.6 Å². The van der Waals surface area contributed by atoms with Crippen molar-refractivity contribution in [2.75, 3.05) is 12.1 Å². The molecule has 0 bridgehead atoms. The summed E-state index contributed by atoms with van der Waals surface area (Å²) in [5.41, 5.74) is 2.18. The summed E-state index contributed by atoms with van der Waals surface area (Å²) in [5, 5.41) is 3.94. The van der Waals surface area contributed by atoms with Gasteiger partial charge < -0.3 is 14.8 Å². The van der Waals surface area contributed by atoms with Crippen LogP contribution in [0.5, 0.6) is 11.5 Å². The molecule has 2 aromatic heterocycles. The Bertz CT molecular complexity index is 1270. The van der Waals surface area contributed by atoms with Crippen molar-refractivity contribution in [3.63, 3.8) is 0 Å². The van der Waals surface area contributed by atoms with Crippen molar-refractivity contribution in [3.8, 4) is 22.6 Å². The van der Waals surface area contributed by atoms with E-state index in [4.69, 9.17) is 21.1 Å². The third-order valence-corrected chi connectivity index (χ3v) is 4.75. The van der Waals surface area contributed by atoms with E-state index in [9.17, 15) is 4.79 Å². The predicted molar refractivity (Wildman–Crippen MR) is 106 cm³/mol. The molecular weight excluding hydrogens is 380 g/mol. The zero-order chi connectivity index (χ0) is 19.1. The van der Waals surface area contributed by atoms with E-state index in [1.165, 1.54) is 0 Å². The fourth-order valence-electron chi connectivity index (χ4n) is 3.12. The molecule has 0 spiro atoms. The molecule has 0 saturated heterocycles. The maximum absolute atomic E-state index is 12.8. The number of para-hydroxylation sites is 1. The van der Waals surface area contributed by atoms with E-state index in [0.717, 1.165) is 5.56 Å². The Kier molecular flexibility index (Phi) is 3.87. The van der Waals surface area contributed by atoms with Crippen LogP contribution in [0.25, 0.3) is 22.2 Å². The number of halogens is 1. The first kappa shape index (κ1) is 16.6. The van der Waals surface area contributed by atoms with Crippen molar-refractivity contribution >= 4 is 34.3 Å². The maximum atomic E-state index is 12.8. The number of nitrogens with zero attached hydrogens (tertiary/aromatic N) is 2. The topological polar surface area (TPSA) is 89.1 Å². The molecule has 0 unspecified atom stereocenters. The molecule has 1 aliphatic rings. The van der Waals surface area contributed by atoms with E-state index in [1.54, 1.807) is 24.4 Å². The summed E-state index contributed by atoms with van der Waals surface area (Å²) in [5.74, 6) is 1.59. The quantitative estimate of drug-likeness (QED) is 0.545. The summed E-state index contributed by atoms with van der Waals surface area (Å²) in [4.78, 5) is 24.3. The van der Waals surface area contributed by atoms with Crippen LogP contribution < -0.4 is 20.3 Å². The number of pyridine rings is 1. The number of H-pyrrole nitrogens is 1. The number of aromatic nitrogens is 3. The van der Waals surface area contributed by atoms with Gasteiger partial charge in [0.05, 0.1) is 16.1 Å². The average Bonchev–Trinajstić information content (AvgIpc) is 3.17. The van der Waals surface area contributed by atoms with Crippen molar-refractivity contribution in [3.05, 3.63) is 70.1 Å². The smallest absolute Gasteiger partial charge is 0.262 e. The number of ether oxygens (including phenoxy) is 2. The lowest BCUT2D eigenvalue weighted by Gasteiger charge is -2.10. The van der Waals surface area contributed by atoms with Gasteiger partial charge >= 0.3 is 0 Å². The maximum Gasteiger partial charge on any atom is 0.262 e. The van der Waals surface area contributed by atoms with Crippen LogP contribution in [0.1, 0.15) is 0 Å². The van der Waals surface area contributed by atoms with Gasteiger partial charge in [-0.1, -0.05) is 29.8 Å². The highest BCUT2D eigenvalue weighted by atomic mass is 35.5. The van der Waals surface area contributed by atoms with Crippen molar-refractivity contribution in [1.29, 1.82) is 0 Å². The van der Waals surface area contributed by atoms with Gasteiger partial charge in [0.25, 0.3) is 5.56 Å². The van der Waals surface area contributed by atoms with E-state index < -0.39 is 0 Å². The fourth-order valence-corrected chi connectivity index (χ4v) is 3.30. The molecule has 2 N–H and O–H groups in total. The minimum absolute atomic E-state index is 0.190. The summed E-state index contributed by atoms with van der Waals surface area (Å²) in [6.45, 7) is 0.190. The molecule has 5 rings (SSSR count). The lowest BCUT2D eigenvalue weighted by Crippen LogP contribution is -2.13. The molecule has 0 amide bonds. The molecule has 4 aromatic rings. The molecule has 2 aromatic carbocycles. The minimum Gasteiger partial charge on any atom is -0.454 e. The second-order valence-electron chi connectivity index (χ2n) is 6.14. The van der Waals surface area contributed by atoms with Gasteiger partial charge in [0.2, 0.25) is 12.7 Å². The Balaban J connectivity index is 1.61. The SMILES string of the molecule is O=c1[nH]c(Nc2ccccc2Cl)nc2nccc(-c3ccc4c(c3)OCO4)c12. The van der Waals surface area contributed by atoms with Gasteiger partial charge in [-0.3, -0.25) is 9.78 Å². The van der Waals surface area contributed by atoms with Gasteiger partial charge in [-0.25, -0.2) is 4.98 Å². The molecule has 0 saturated carbocycles. The average molecular weight is 393 g/mol. The monoisotopic (exact) mass is 392 g/mol. The number of hydrogen-bond donors (Lipinski definition) is 2. The number of anilines is 2. The van der Waals surface area contributed by atoms with Crippen LogP contribution in [-0.4, -0.2) is 21.7 Å². The Labute approximate surface area is 163 Å². The Hall–Kier alpha value is -3.58. The lowest BCUT2D eigenvalue weighted by molar-refractivity contribution is 0.174. The predicted octanol–water partition coefficient (Wildman–Crippen LogP) is 4.11. The fraction of sp³-hybridized carbons (Fsp3) is 0.0500. The van der Waals surface area contributed by atoms with Gasteiger partial charge in [-0.15, -0.1) is 0 Å². The van der Waals surface area contributed by atoms with Crippen LogP contribution in [0, 0.1) is 0 Å². The van der Waals surface area contributed by atoms with Crippen molar-refractivity contribution in [2.24, 2.45) is 0 Å². The van der Waals surface area contributed by atoms with E-state index in [1.807, 2.05) is 30.3 Å². The second kappa shape index (κ2) is 6.54. The summed E-state index contributed by atoms with van der Waals surface area (Å²) in [6.07, 6.45) is 1.62. The number of fused-ring (bicyclic) bond motifs is 2. The first-order valence-electron chi connectivity index (χ1n) is 8.50. The molecule has 0 atom stereocenters. The van der Waals surface area contributed by atoms with Gasteiger partial charge in [0.1, 0.15) is 0 Å². The highest BCUT2D eigenvalue weighted by Gasteiger charge is 2.17. The van der Waals surface area contributed by atoms with E-state index in [2.05, 4.69) is 20.3 Å². The number of rotatable bonds is 3. The number of nitrogens with one attached hydrogen (secondary N) is 2. The Morgan fingerprint density at radius 2 is 1.93 bits per heavy atom. The minimum atomic E-state index is -0.305. The third-order valence-electron chi connectivity index (χ3n) is 4.42. The normalized spacial score (nSPS) is 12.3. The van der Waals surface area contributed by atoms with Crippen LogP contribution in [-0.2, 0) is 0 Å². The molecule has 0 fully saturated rings. The van der Waals surface area contributed by atoms with Gasteiger partial charge in [0, 0.05) is 6.20 Å².